The highest BCUT2D eigenvalue weighted by Crippen LogP contribution is 2.37. The summed E-state index contributed by atoms with van der Waals surface area (Å²) in [6, 6.07) is 6.02. The van der Waals surface area contributed by atoms with E-state index in [4.69, 9.17) is 9.47 Å². The Bertz CT molecular complexity index is 730. The number of likely N-dealkylation sites (tertiary alicyclic amines) is 1. The van der Waals surface area contributed by atoms with Gasteiger partial charge in [-0.1, -0.05) is 13.0 Å². The quantitative estimate of drug-likeness (QED) is 0.900. The molecule has 1 aromatic heterocycles. The molecule has 25 heavy (non-hydrogen) atoms. The average Bonchev–Trinajstić information content (AvgIpc) is 3.28. The highest BCUT2D eigenvalue weighted by molar-refractivity contribution is 5.45. The van der Waals surface area contributed by atoms with Crippen LogP contribution in [0.5, 0.6) is 11.5 Å². The van der Waals surface area contributed by atoms with Crippen LogP contribution in [0.1, 0.15) is 30.7 Å². The fourth-order valence-corrected chi connectivity index (χ4v) is 3.84. The van der Waals surface area contributed by atoms with Crippen molar-refractivity contribution in [1.82, 2.24) is 14.5 Å². The third kappa shape index (κ3) is 3.37. The summed E-state index contributed by atoms with van der Waals surface area (Å²) in [5.74, 6) is 2.86. The van der Waals surface area contributed by atoms with Crippen LogP contribution in [-0.2, 0) is 13.0 Å². The number of piperidine rings is 1. The number of hydrogen-bond acceptors (Lipinski definition) is 5. The second-order valence-electron chi connectivity index (χ2n) is 6.77. The Labute approximate surface area is 148 Å². The van der Waals surface area contributed by atoms with Gasteiger partial charge in [-0.05, 0) is 30.7 Å². The van der Waals surface area contributed by atoms with Crippen LogP contribution in [-0.4, -0.2) is 52.1 Å². The number of ether oxygens (including phenoxy) is 2. The van der Waals surface area contributed by atoms with Crippen molar-refractivity contribution in [3.8, 4) is 11.5 Å². The Balaban J connectivity index is 1.36. The van der Waals surface area contributed by atoms with Crippen LogP contribution in [0.3, 0.4) is 0 Å². The molecular formula is C19H25N3O3. The number of imidazole rings is 1. The van der Waals surface area contributed by atoms with E-state index < -0.39 is 0 Å². The normalized spacial score (nSPS) is 23.1. The minimum atomic E-state index is -0.359. The summed E-state index contributed by atoms with van der Waals surface area (Å²) < 4.78 is 13.0. The lowest BCUT2D eigenvalue weighted by Crippen LogP contribution is -2.43. The van der Waals surface area contributed by atoms with Crippen molar-refractivity contribution in [2.75, 3.05) is 26.4 Å². The van der Waals surface area contributed by atoms with Crippen molar-refractivity contribution in [2.45, 2.75) is 38.3 Å². The molecule has 1 N–H and O–H groups in total. The Morgan fingerprint density at radius 1 is 1.24 bits per heavy atom. The maximum absolute atomic E-state index is 10.7. The van der Waals surface area contributed by atoms with Crippen molar-refractivity contribution in [3.05, 3.63) is 42.0 Å². The molecule has 2 aliphatic heterocycles. The van der Waals surface area contributed by atoms with E-state index in [0.29, 0.717) is 6.54 Å². The predicted molar refractivity (Wildman–Crippen MR) is 94.0 cm³/mol. The number of β-amino-alcohol motifs (C(OH)–C–C–N with tert-alkyl or cyclic N) is 1. The first kappa shape index (κ1) is 16.4. The Hall–Kier alpha value is -2.05. The van der Waals surface area contributed by atoms with E-state index >= 15 is 0 Å². The second-order valence-corrected chi connectivity index (χ2v) is 6.77. The molecule has 0 aliphatic carbocycles. The zero-order valence-corrected chi connectivity index (χ0v) is 14.6. The van der Waals surface area contributed by atoms with Gasteiger partial charge in [0.1, 0.15) is 5.82 Å². The molecule has 0 radical (unpaired) electrons. The number of benzene rings is 1. The molecule has 0 bridgehead atoms. The Morgan fingerprint density at radius 3 is 2.96 bits per heavy atom. The van der Waals surface area contributed by atoms with E-state index in [-0.39, 0.29) is 18.8 Å². The van der Waals surface area contributed by atoms with Gasteiger partial charge in [-0.3, -0.25) is 4.90 Å². The van der Waals surface area contributed by atoms with E-state index in [9.17, 15) is 5.11 Å². The molecule has 6 nitrogen and oxygen atoms in total. The van der Waals surface area contributed by atoms with Crippen molar-refractivity contribution < 1.29 is 14.6 Å². The molecular weight excluding hydrogens is 318 g/mol. The molecule has 0 spiro atoms. The molecule has 134 valence electrons. The van der Waals surface area contributed by atoms with Gasteiger partial charge in [-0.25, -0.2) is 4.98 Å². The van der Waals surface area contributed by atoms with Crippen molar-refractivity contribution in [1.29, 1.82) is 0 Å². The van der Waals surface area contributed by atoms with Crippen LogP contribution in [0.4, 0.5) is 0 Å². The monoisotopic (exact) mass is 343 g/mol. The molecule has 1 aromatic carbocycles. The Kier molecular flexibility index (Phi) is 4.63. The summed E-state index contributed by atoms with van der Waals surface area (Å²) in [4.78, 5) is 6.71. The lowest BCUT2D eigenvalue weighted by atomic mass is 9.87. The highest BCUT2D eigenvalue weighted by Gasteiger charge is 2.30. The first-order chi connectivity index (χ1) is 12.2. The minimum Gasteiger partial charge on any atom is -0.454 e. The SMILES string of the molecule is CCc1nccn1CCN1CC[C@@H](c2ccc3c(c2)OCO3)[C@H](O)C1. The third-order valence-electron chi connectivity index (χ3n) is 5.27. The summed E-state index contributed by atoms with van der Waals surface area (Å²) in [5, 5.41) is 10.7. The van der Waals surface area contributed by atoms with Gasteiger partial charge in [0.05, 0.1) is 6.10 Å². The molecule has 1 saturated heterocycles. The fourth-order valence-electron chi connectivity index (χ4n) is 3.84. The van der Waals surface area contributed by atoms with Gasteiger partial charge in [0.2, 0.25) is 6.79 Å². The topological polar surface area (TPSA) is 59.8 Å². The van der Waals surface area contributed by atoms with Crippen LogP contribution < -0.4 is 9.47 Å². The van der Waals surface area contributed by atoms with Crippen LogP contribution in [0.15, 0.2) is 30.6 Å². The molecule has 0 unspecified atom stereocenters. The molecule has 2 aliphatic rings. The van der Waals surface area contributed by atoms with Gasteiger partial charge in [-0.15, -0.1) is 0 Å². The number of aromatic nitrogens is 2. The maximum atomic E-state index is 10.7. The van der Waals surface area contributed by atoms with Crippen molar-refractivity contribution in [2.24, 2.45) is 0 Å². The molecule has 2 aromatic rings. The zero-order valence-electron chi connectivity index (χ0n) is 14.6. The summed E-state index contributed by atoms with van der Waals surface area (Å²) in [6.07, 6.45) is 5.43. The van der Waals surface area contributed by atoms with Crippen LogP contribution in [0.2, 0.25) is 0 Å². The molecule has 2 atom stereocenters. The number of rotatable bonds is 5. The summed E-state index contributed by atoms with van der Waals surface area (Å²) in [6.45, 7) is 5.97. The summed E-state index contributed by atoms with van der Waals surface area (Å²) in [5.41, 5.74) is 1.14. The fraction of sp³-hybridized carbons (Fsp3) is 0.526. The smallest absolute Gasteiger partial charge is 0.231 e. The number of nitrogens with zero attached hydrogens (tertiary/aromatic N) is 3. The van der Waals surface area contributed by atoms with E-state index in [1.807, 2.05) is 24.5 Å². The third-order valence-corrected chi connectivity index (χ3v) is 5.27. The standard InChI is InChI=1S/C19H25N3O3/c1-2-19-20-6-8-22(19)10-9-21-7-5-15(16(23)12-21)14-3-4-17-18(11-14)25-13-24-17/h3-4,6,8,11,15-16,23H,2,5,7,9-10,12-13H2,1H3/t15-,16+/m0/s1. The zero-order chi connectivity index (χ0) is 17.2. The van der Waals surface area contributed by atoms with E-state index in [0.717, 1.165) is 55.4 Å². The average molecular weight is 343 g/mol. The summed E-state index contributed by atoms with van der Waals surface area (Å²) in [7, 11) is 0. The number of aliphatic hydroxyl groups is 1. The molecule has 6 heteroatoms. The number of hydrogen-bond donors (Lipinski definition) is 1. The van der Waals surface area contributed by atoms with Gasteiger partial charge in [-0.2, -0.15) is 0 Å². The number of fused-ring (bicyclic) bond motifs is 1. The van der Waals surface area contributed by atoms with Crippen molar-refractivity contribution >= 4 is 0 Å². The second kappa shape index (κ2) is 7.06. The van der Waals surface area contributed by atoms with Gasteiger partial charge in [0, 0.05) is 44.4 Å². The van der Waals surface area contributed by atoms with Gasteiger partial charge < -0.3 is 19.1 Å². The van der Waals surface area contributed by atoms with E-state index in [2.05, 4.69) is 27.4 Å². The molecule has 0 amide bonds. The first-order valence-electron chi connectivity index (χ1n) is 9.04. The number of aliphatic hydroxyl groups excluding tert-OH is 1. The highest BCUT2D eigenvalue weighted by atomic mass is 16.7. The van der Waals surface area contributed by atoms with Crippen LogP contribution in [0.25, 0.3) is 0 Å². The molecule has 1 fully saturated rings. The molecule has 3 heterocycles. The van der Waals surface area contributed by atoms with Crippen LogP contribution in [0, 0.1) is 0 Å². The minimum absolute atomic E-state index is 0.158. The largest absolute Gasteiger partial charge is 0.454 e. The lowest BCUT2D eigenvalue weighted by molar-refractivity contribution is 0.0496. The van der Waals surface area contributed by atoms with E-state index in [1.165, 1.54) is 0 Å². The number of aryl methyl sites for hydroxylation is 1. The molecule has 4 rings (SSSR count). The molecule has 0 saturated carbocycles. The van der Waals surface area contributed by atoms with Gasteiger partial charge in [0.25, 0.3) is 0 Å². The maximum Gasteiger partial charge on any atom is 0.231 e. The first-order valence-corrected chi connectivity index (χ1v) is 9.04. The van der Waals surface area contributed by atoms with Crippen LogP contribution >= 0.6 is 0 Å². The van der Waals surface area contributed by atoms with Crippen molar-refractivity contribution in [3.63, 3.8) is 0 Å². The lowest BCUT2D eigenvalue weighted by Gasteiger charge is -2.36. The van der Waals surface area contributed by atoms with Gasteiger partial charge >= 0.3 is 0 Å². The van der Waals surface area contributed by atoms with E-state index in [1.54, 1.807) is 0 Å². The Morgan fingerprint density at radius 2 is 2.12 bits per heavy atom. The van der Waals surface area contributed by atoms with Gasteiger partial charge in [0.15, 0.2) is 11.5 Å². The summed E-state index contributed by atoms with van der Waals surface area (Å²) >= 11 is 0. The predicted octanol–water partition coefficient (Wildman–Crippen LogP) is 2.02.